The summed E-state index contributed by atoms with van der Waals surface area (Å²) in [6.07, 6.45) is 0.999. The predicted molar refractivity (Wildman–Crippen MR) is 68.9 cm³/mol. The van der Waals surface area contributed by atoms with Gasteiger partial charge in [0.2, 0.25) is 20.0 Å². The van der Waals surface area contributed by atoms with Crippen molar-refractivity contribution in [3.05, 3.63) is 24.3 Å². The summed E-state index contributed by atoms with van der Waals surface area (Å²) in [4.78, 5) is 0.0434. The quantitative estimate of drug-likeness (QED) is 0.464. The Kier molecular flexibility index (Phi) is 4.68. The number of nitrogens with one attached hydrogen (secondary N) is 2. The number of nitrogens with two attached hydrogens (primary N) is 1. The summed E-state index contributed by atoms with van der Waals surface area (Å²) in [5, 5.41) is 0. The van der Waals surface area contributed by atoms with Crippen molar-refractivity contribution in [2.24, 2.45) is 0 Å². The molecule has 0 heterocycles. The van der Waals surface area contributed by atoms with E-state index in [-0.39, 0.29) is 18.0 Å². The lowest BCUT2D eigenvalue weighted by molar-refractivity contribution is 0.573. The number of rotatable bonds is 6. The normalized spacial score (nSPS) is 12.5. The van der Waals surface area contributed by atoms with E-state index in [4.69, 9.17) is 5.73 Å². The third kappa shape index (κ3) is 5.00. The fourth-order valence-corrected chi connectivity index (χ4v) is 2.75. The molecule has 7 nitrogen and oxygen atoms in total. The second kappa shape index (κ2) is 5.65. The molecule has 0 bridgehead atoms. The van der Waals surface area contributed by atoms with Gasteiger partial charge in [-0.2, -0.15) is 0 Å². The summed E-state index contributed by atoms with van der Waals surface area (Å²) >= 11 is 0. The van der Waals surface area contributed by atoms with E-state index in [1.807, 2.05) is 0 Å². The molecule has 102 valence electrons. The Bertz CT molecular complexity index is 610. The summed E-state index contributed by atoms with van der Waals surface area (Å²) in [5.41, 5.74) is 5.82. The number of nitrogen functional groups attached to an aromatic ring is 1. The summed E-state index contributed by atoms with van der Waals surface area (Å²) in [5.74, 6) is 0. The van der Waals surface area contributed by atoms with Crippen LogP contribution in [0.2, 0.25) is 0 Å². The van der Waals surface area contributed by atoms with Crippen LogP contribution in [0.5, 0.6) is 0 Å². The zero-order chi connectivity index (χ0) is 13.8. The molecule has 4 N–H and O–H groups in total. The molecular formula is C9H15N3O4S2. The van der Waals surface area contributed by atoms with Gasteiger partial charge < -0.3 is 5.73 Å². The van der Waals surface area contributed by atoms with E-state index in [1.165, 1.54) is 18.2 Å². The van der Waals surface area contributed by atoms with Gasteiger partial charge in [-0.1, -0.05) is 6.07 Å². The summed E-state index contributed by atoms with van der Waals surface area (Å²) in [7, 11) is -6.98. The molecule has 18 heavy (non-hydrogen) atoms. The number of anilines is 1. The molecule has 1 aromatic carbocycles. The molecule has 1 rings (SSSR count). The van der Waals surface area contributed by atoms with Crippen LogP contribution in [0.3, 0.4) is 0 Å². The zero-order valence-corrected chi connectivity index (χ0v) is 11.4. The van der Waals surface area contributed by atoms with Gasteiger partial charge in [0.05, 0.1) is 11.2 Å². The van der Waals surface area contributed by atoms with E-state index in [2.05, 4.69) is 9.44 Å². The van der Waals surface area contributed by atoms with Gasteiger partial charge in [-0.15, -0.1) is 0 Å². The van der Waals surface area contributed by atoms with Crippen LogP contribution in [0, 0.1) is 0 Å². The molecule has 0 amide bonds. The van der Waals surface area contributed by atoms with Crippen LogP contribution in [0.4, 0.5) is 5.69 Å². The monoisotopic (exact) mass is 293 g/mol. The highest BCUT2D eigenvalue weighted by atomic mass is 32.2. The van der Waals surface area contributed by atoms with E-state index in [1.54, 1.807) is 6.07 Å². The zero-order valence-electron chi connectivity index (χ0n) is 9.75. The standard InChI is InChI=1S/C9H15N3O4S2/c1-17(13,14)11-5-6-12-18(15,16)9-4-2-3-8(10)7-9/h2-4,7,11-12H,5-6,10H2,1H3. The minimum absolute atomic E-state index is 0.0135. The third-order valence-electron chi connectivity index (χ3n) is 1.95. The van der Waals surface area contributed by atoms with E-state index < -0.39 is 20.0 Å². The Hall–Kier alpha value is -1.16. The van der Waals surface area contributed by atoms with Crippen molar-refractivity contribution in [1.29, 1.82) is 0 Å². The fraction of sp³-hybridized carbons (Fsp3) is 0.333. The molecule has 0 spiro atoms. The maximum atomic E-state index is 11.8. The van der Waals surface area contributed by atoms with Gasteiger partial charge in [0.15, 0.2) is 0 Å². The Morgan fingerprint density at radius 3 is 2.28 bits per heavy atom. The van der Waals surface area contributed by atoms with Crippen LogP contribution < -0.4 is 15.2 Å². The highest BCUT2D eigenvalue weighted by Crippen LogP contribution is 2.11. The van der Waals surface area contributed by atoms with Crippen molar-refractivity contribution >= 4 is 25.7 Å². The average Bonchev–Trinajstić information content (AvgIpc) is 2.23. The Morgan fingerprint density at radius 2 is 1.72 bits per heavy atom. The SMILES string of the molecule is CS(=O)(=O)NCCNS(=O)(=O)c1cccc(N)c1. The summed E-state index contributed by atoms with van der Waals surface area (Å²) in [6.45, 7) is -0.0510. The van der Waals surface area contributed by atoms with Crippen molar-refractivity contribution in [3.8, 4) is 0 Å². The van der Waals surface area contributed by atoms with Gasteiger partial charge in [0, 0.05) is 18.8 Å². The molecule has 9 heteroatoms. The van der Waals surface area contributed by atoms with Crippen LogP contribution in [0.1, 0.15) is 0 Å². The molecule has 0 unspecified atom stereocenters. The number of hydrogen-bond donors (Lipinski definition) is 3. The highest BCUT2D eigenvalue weighted by molar-refractivity contribution is 7.89. The van der Waals surface area contributed by atoms with E-state index in [0.717, 1.165) is 6.26 Å². The largest absolute Gasteiger partial charge is 0.399 e. The smallest absolute Gasteiger partial charge is 0.240 e. The topological polar surface area (TPSA) is 118 Å². The summed E-state index contributed by atoms with van der Waals surface area (Å²) in [6, 6.07) is 5.83. The number of sulfonamides is 2. The minimum Gasteiger partial charge on any atom is -0.399 e. The first-order chi connectivity index (χ1) is 8.21. The Balaban J connectivity index is 2.61. The van der Waals surface area contributed by atoms with Gasteiger partial charge in [-0.3, -0.25) is 0 Å². The van der Waals surface area contributed by atoms with Crippen LogP contribution in [-0.4, -0.2) is 36.2 Å². The van der Waals surface area contributed by atoms with Crippen molar-refractivity contribution in [3.63, 3.8) is 0 Å². The first kappa shape index (κ1) is 14.9. The van der Waals surface area contributed by atoms with Crippen LogP contribution in [0.25, 0.3) is 0 Å². The van der Waals surface area contributed by atoms with E-state index in [9.17, 15) is 16.8 Å². The minimum atomic E-state index is -3.67. The molecule has 0 atom stereocenters. The van der Waals surface area contributed by atoms with Crippen LogP contribution in [0.15, 0.2) is 29.2 Å². The molecule has 0 aliphatic carbocycles. The maximum Gasteiger partial charge on any atom is 0.240 e. The van der Waals surface area contributed by atoms with Gasteiger partial charge in [-0.05, 0) is 18.2 Å². The van der Waals surface area contributed by atoms with Crippen molar-refractivity contribution < 1.29 is 16.8 Å². The highest BCUT2D eigenvalue weighted by Gasteiger charge is 2.13. The van der Waals surface area contributed by atoms with Gasteiger partial charge >= 0.3 is 0 Å². The van der Waals surface area contributed by atoms with E-state index in [0.29, 0.717) is 5.69 Å². The molecule has 0 aromatic heterocycles. The van der Waals surface area contributed by atoms with Crippen LogP contribution in [-0.2, 0) is 20.0 Å². The fourth-order valence-electron chi connectivity index (χ4n) is 1.19. The molecule has 0 radical (unpaired) electrons. The number of hydrogen-bond acceptors (Lipinski definition) is 5. The van der Waals surface area contributed by atoms with E-state index >= 15 is 0 Å². The molecular weight excluding hydrogens is 278 g/mol. The first-order valence-electron chi connectivity index (χ1n) is 5.00. The van der Waals surface area contributed by atoms with Gasteiger partial charge in [0.1, 0.15) is 0 Å². The lowest BCUT2D eigenvalue weighted by Gasteiger charge is -2.07. The Labute approximate surface area is 106 Å². The molecule has 0 saturated heterocycles. The first-order valence-corrected chi connectivity index (χ1v) is 8.38. The average molecular weight is 293 g/mol. The molecule has 0 saturated carbocycles. The predicted octanol–water partition coefficient (Wildman–Crippen LogP) is -0.904. The van der Waals surface area contributed by atoms with Crippen molar-refractivity contribution in [1.82, 2.24) is 9.44 Å². The second-order valence-corrected chi connectivity index (χ2v) is 7.24. The van der Waals surface area contributed by atoms with Crippen molar-refractivity contribution in [2.45, 2.75) is 4.90 Å². The third-order valence-corrected chi connectivity index (χ3v) is 4.14. The molecule has 0 fully saturated rings. The maximum absolute atomic E-state index is 11.8. The summed E-state index contributed by atoms with van der Waals surface area (Å²) < 4.78 is 49.5. The van der Waals surface area contributed by atoms with Gasteiger partial charge in [0.25, 0.3) is 0 Å². The van der Waals surface area contributed by atoms with Crippen LogP contribution >= 0.6 is 0 Å². The Morgan fingerprint density at radius 1 is 1.11 bits per heavy atom. The second-order valence-electron chi connectivity index (χ2n) is 3.64. The number of benzene rings is 1. The molecule has 0 aliphatic rings. The lowest BCUT2D eigenvalue weighted by Crippen LogP contribution is -2.34. The van der Waals surface area contributed by atoms with Crippen molar-refractivity contribution in [2.75, 3.05) is 25.1 Å². The van der Waals surface area contributed by atoms with Gasteiger partial charge in [-0.25, -0.2) is 26.3 Å². The molecule has 0 aliphatic heterocycles. The molecule has 1 aromatic rings. The lowest BCUT2D eigenvalue weighted by atomic mass is 10.3.